The van der Waals surface area contributed by atoms with E-state index in [9.17, 15) is 14.4 Å². The summed E-state index contributed by atoms with van der Waals surface area (Å²) in [6.07, 6.45) is 0. The van der Waals surface area contributed by atoms with E-state index in [0.717, 1.165) is 4.31 Å². The van der Waals surface area contributed by atoms with Crippen molar-refractivity contribution in [1.82, 2.24) is 0 Å². The number of nitrogens with two attached hydrogens (primary N) is 1. The van der Waals surface area contributed by atoms with E-state index in [1.54, 1.807) is 50.2 Å². The number of amides is 4. The van der Waals surface area contributed by atoms with Crippen LogP contribution >= 0.6 is 24.4 Å². The Balaban J connectivity index is 2.06. The van der Waals surface area contributed by atoms with Gasteiger partial charge in [0.15, 0.2) is 0 Å². The van der Waals surface area contributed by atoms with E-state index in [-0.39, 0.29) is 10.9 Å². The van der Waals surface area contributed by atoms with Crippen molar-refractivity contribution in [3.63, 3.8) is 0 Å². The van der Waals surface area contributed by atoms with Gasteiger partial charge in [0, 0.05) is 18.3 Å². The molecule has 29 heavy (non-hydrogen) atoms. The summed E-state index contributed by atoms with van der Waals surface area (Å²) in [5.41, 5.74) is 6.59. The number of hydrogen-bond donors (Lipinski definition) is 5. The van der Waals surface area contributed by atoms with Crippen molar-refractivity contribution in [1.29, 1.82) is 0 Å². The van der Waals surface area contributed by atoms with Crippen LogP contribution in [0.1, 0.15) is 20.8 Å². The molecule has 0 unspecified atom stereocenters. The molecule has 0 aliphatic rings. The summed E-state index contributed by atoms with van der Waals surface area (Å²) in [7, 11) is 0. The van der Waals surface area contributed by atoms with Crippen LogP contribution in [0.2, 0.25) is 5.02 Å². The number of nitrogens with one attached hydrogen (secondary N) is 3. The van der Waals surface area contributed by atoms with Gasteiger partial charge in [-0.25, -0.2) is 9.10 Å². The predicted octanol–water partition coefficient (Wildman–Crippen LogP) is 3.86. The molecule has 0 radical (unpaired) electrons. The monoisotopic (exact) mass is 435 g/mol. The van der Waals surface area contributed by atoms with E-state index >= 15 is 0 Å². The van der Waals surface area contributed by atoms with Crippen molar-refractivity contribution >= 4 is 65.0 Å². The van der Waals surface area contributed by atoms with Crippen LogP contribution in [0, 0.1) is 0 Å². The lowest BCUT2D eigenvalue weighted by molar-refractivity contribution is -0.120. The van der Waals surface area contributed by atoms with Crippen LogP contribution in [0.15, 0.2) is 42.5 Å². The molecule has 154 valence electrons. The van der Waals surface area contributed by atoms with Crippen molar-refractivity contribution in [3.05, 3.63) is 47.5 Å². The first-order valence-electron chi connectivity index (χ1n) is 8.55. The summed E-state index contributed by atoms with van der Waals surface area (Å²) in [4.78, 5) is 35.5. The fourth-order valence-corrected chi connectivity index (χ4v) is 2.55. The minimum absolute atomic E-state index is 0.185. The van der Waals surface area contributed by atoms with Gasteiger partial charge in [0.25, 0.3) is 0 Å². The maximum Gasteiger partial charge on any atom is 0.336 e. The third kappa shape index (κ3) is 6.38. The zero-order valence-corrected chi connectivity index (χ0v) is 17.8. The molecule has 0 bridgehead atoms. The summed E-state index contributed by atoms with van der Waals surface area (Å²) >= 11 is 10.4. The zero-order valence-electron chi connectivity index (χ0n) is 16.1. The molecule has 0 fully saturated rings. The first kappa shape index (κ1) is 22.5. The number of hydrogen-bond acceptors (Lipinski definition) is 5. The number of anilines is 4. The van der Waals surface area contributed by atoms with Gasteiger partial charge in [-0.3, -0.25) is 9.59 Å². The van der Waals surface area contributed by atoms with E-state index in [1.165, 1.54) is 13.0 Å². The summed E-state index contributed by atoms with van der Waals surface area (Å²) in [5, 5.41) is 8.18. The average Bonchev–Trinajstić information content (AvgIpc) is 2.63. The lowest BCUT2D eigenvalue weighted by atomic mass is 10.1. The Morgan fingerprint density at radius 2 is 1.55 bits per heavy atom. The van der Waals surface area contributed by atoms with E-state index in [0.29, 0.717) is 22.7 Å². The molecular formula is C19H22ClN5O3S. The molecule has 5 N–H and O–H groups in total. The molecule has 0 saturated heterocycles. The number of carbonyl (C=O) groups excluding carboxylic acids is 3. The van der Waals surface area contributed by atoms with E-state index < -0.39 is 17.5 Å². The fourth-order valence-electron chi connectivity index (χ4n) is 2.15. The highest BCUT2D eigenvalue weighted by molar-refractivity contribution is 7.82. The smallest absolute Gasteiger partial charge is 0.326 e. The molecule has 0 aliphatic carbocycles. The summed E-state index contributed by atoms with van der Waals surface area (Å²) in [5.74, 6) is -0.579. The SMILES string of the molecule is CC(=O)Nc1ccc(NC(=O)N(S)c2ccc(NC(=O)C(C)(C)N)c(Cl)c2)cc1. The predicted molar refractivity (Wildman–Crippen MR) is 120 cm³/mol. The van der Waals surface area contributed by atoms with Gasteiger partial charge >= 0.3 is 6.03 Å². The summed E-state index contributed by atoms with van der Waals surface area (Å²) < 4.78 is 1.08. The van der Waals surface area contributed by atoms with Gasteiger partial charge in [0.1, 0.15) is 0 Å². The van der Waals surface area contributed by atoms with E-state index in [2.05, 4.69) is 28.8 Å². The van der Waals surface area contributed by atoms with Gasteiger partial charge in [0.05, 0.1) is 21.9 Å². The Labute approximate surface area is 179 Å². The molecule has 2 rings (SSSR count). The number of rotatable bonds is 5. The molecule has 0 aromatic heterocycles. The minimum atomic E-state index is -1.06. The van der Waals surface area contributed by atoms with Crippen molar-refractivity contribution in [2.45, 2.75) is 26.3 Å². The second-order valence-electron chi connectivity index (χ2n) is 6.84. The van der Waals surface area contributed by atoms with Gasteiger partial charge in [-0.05, 0) is 56.3 Å². The van der Waals surface area contributed by atoms with Gasteiger partial charge < -0.3 is 21.7 Å². The first-order valence-corrected chi connectivity index (χ1v) is 9.32. The average molecular weight is 436 g/mol. The lowest BCUT2D eigenvalue weighted by Crippen LogP contribution is -2.45. The van der Waals surface area contributed by atoms with Crippen LogP contribution in [0.4, 0.5) is 27.5 Å². The van der Waals surface area contributed by atoms with Crippen LogP contribution in [-0.4, -0.2) is 23.4 Å². The number of carbonyl (C=O) groups is 3. The maximum absolute atomic E-state index is 12.4. The number of urea groups is 1. The molecular weight excluding hydrogens is 414 g/mol. The Morgan fingerprint density at radius 1 is 1.00 bits per heavy atom. The quantitative estimate of drug-likeness (QED) is 0.458. The van der Waals surface area contributed by atoms with Crippen LogP contribution in [-0.2, 0) is 9.59 Å². The topological polar surface area (TPSA) is 117 Å². The number of halogens is 1. The standard InChI is InChI=1S/C19H22ClN5O3S/c1-11(26)22-12-4-6-13(7-5-12)23-18(28)25(29)14-8-9-16(15(20)10-14)24-17(27)19(2,3)21/h4-10,29H,21H2,1-3H3,(H,22,26)(H,23,28)(H,24,27). The second kappa shape index (κ2) is 9.17. The molecule has 0 atom stereocenters. The molecule has 0 heterocycles. The Morgan fingerprint density at radius 3 is 2.03 bits per heavy atom. The third-order valence-electron chi connectivity index (χ3n) is 3.68. The summed E-state index contributed by atoms with van der Waals surface area (Å²) in [6.45, 7) is 4.56. The number of benzene rings is 2. The highest BCUT2D eigenvalue weighted by Crippen LogP contribution is 2.29. The fraction of sp³-hybridized carbons (Fsp3) is 0.211. The van der Waals surface area contributed by atoms with Crippen LogP contribution in [0.25, 0.3) is 0 Å². The largest absolute Gasteiger partial charge is 0.336 e. The van der Waals surface area contributed by atoms with Crippen LogP contribution < -0.4 is 26.0 Å². The molecule has 10 heteroatoms. The highest BCUT2D eigenvalue weighted by atomic mass is 35.5. The molecule has 2 aromatic carbocycles. The van der Waals surface area contributed by atoms with Crippen LogP contribution in [0.5, 0.6) is 0 Å². The number of thiol groups is 1. The molecule has 0 aliphatic heterocycles. The molecule has 4 amide bonds. The van der Waals surface area contributed by atoms with Crippen molar-refractivity contribution in [3.8, 4) is 0 Å². The first-order chi connectivity index (χ1) is 13.5. The van der Waals surface area contributed by atoms with E-state index in [4.69, 9.17) is 17.3 Å². The Hall–Kier alpha value is -2.75. The summed E-state index contributed by atoms with van der Waals surface area (Å²) in [6, 6.07) is 10.7. The van der Waals surface area contributed by atoms with Crippen molar-refractivity contribution in [2.75, 3.05) is 20.3 Å². The second-order valence-corrected chi connectivity index (χ2v) is 7.65. The van der Waals surface area contributed by atoms with Gasteiger partial charge in [-0.1, -0.05) is 24.4 Å². The van der Waals surface area contributed by atoms with Gasteiger partial charge in [-0.15, -0.1) is 0 Å². The molecule has 0 saturated carbocycles. The van der Waals surface area contributed by atoms with Crippen molar-refractivity contribution in [2.24, 2.45) is 5.73 Å². The lowest BCUT2D eigenvalue weighted by Gasteiger charge is -2.20. The molecule has 8 nitrogen and oxygen atoms in total. The Bertz CT molecular complexity index is 928. The van der Waals surface area contributed by atoms with Crippen molar-refractivity contribution < 1.29 is 14.4 Å². The Kier molecular flexibility index (Phi) is 7.12. The minimum Gasteiger partial charge on any atom is -0.326 e. The zero-order chi connectivity index (χ0) is 21.8. The normalized spacial score (nSPS) is 10.8. The third-order valence-corrected chi connectivity index (χ3v) is 4.40. The molecule has 0 spiro atoms. The van der Waals surface area contributed by atoms with E-state index in [1.807, 2.05) is 0 Å². The highest BCUT2D eigenvalue weighted by Gasteiger charge is 2.23. The van der Waals surface area contributed by atoms with Gasteiger partial charge in [0.2, 0.25) is 11.8 Å². The number of nitrogens with zero attached hydrogens (tertiary/aromatic N) is 1. The van der Waals surface area contributed by atoms with Crippen LogP contribution in [0.3, 0.4) is 0 Å². The molecule has 2 aromatic rings. The maximum atomic E-state index is 12.4. The van der Waals surface area contributed by atoms with Gasteiger partial charge in [-0.2, -0.15) is 0 Å².